The summed E-state index contributed by atoms with van der Waals surface area (Å²) in [7, 11) is -0.697. The predicted octanol–water partition coefficient (Wildman–Crippen LogP) is 7.23. The maximum atomic E-state index is 13.7. The minimum Gasteiger partial charge on any atom is -0.488 e. The van der Waals surface area contributed by atoms with E-state index < -0.39 is 15.9 Å². The maximum Gasteiger partial charge on any atom is 0.257 e. The molecule has 5 rings (SSSR count). The minimum absolute atomic E-state index is 0.0107. The monoisotopic (exact) mass is 682 g/mol. The third-order valence-corrected chi connectivity index (χ3v) is 10.0. The van der Waals surface area contributed by atoms with Crippen molar-refractivity contribution < 1.29 is 23.1 Å². The summed E-state index contributed by atoms with van der Waals surface area (Å²) < 4.78 is 33.4. The average Bonchev–Trinajstić information content (AvgIpc) is 3.10. The van der Waals surface area contributed by atoms with Gasteiger partial charge < -0.3 is 14.7 Å². The number of ether oxygens (including phenoxy) is 1. The van der Waals surface area contributed by atoms with Crippen LogP contribution in [0, 0.1) is 0 Å². The van der Waals surface area contributed by atoms with E-state index in [-0.39, 0.29) is 27.9 Å². The Labute approximate surface area is 287 Å². The molecule has 1 atom stereocenters. The molecular weight excluding hydrogens is 644 g/mol. The van der Waals surface area contributed by atoms with Crippen molar-refractivity contribution in [2.24, 2.45) is 0 Å². The summed E-state index contributed by atoms with van der Waals surface area (Å²) in [5, 5.41) is 11.6. The maximum absolute atomic E-state index is 13.7. The molecule has 0 heterocycles. The lowest BCUT2D eigenvalue weighted by atomic mass is 10.1. The van der Waals surface area contributed by atoms with E-state index in [0.717, 1.165) is 22.3 Å². The van der Waals surface area contributed by atoms with E-state index in [1.54, 1.807) is 44.4 Å². The van der Waals surface area contributed by atoms with Crippen molar-refractivity contribution in [1.29, 1.82) is 0 Å². The third-order valence-electron chi connectivity index (χ3n) is 8.00. The standard InChI is InChI=1S/C39H39ClN2O5S/c1-41(2)39(44)36-25-35(20-21-38(36)47-28-31-12-7-4-8-13-31)48(45,46)34-18-16-29(17-19-34)22-23-42(26-30-10-5-3-6-11-30)27-37(43)32-14-9-15-33(40)24-32/h3-21,24-25,37,43H,22-23,26-28H2,1-2H3/t37-/m1/s1. The molecule has 0 aliphatic heterocycles. The van der Waals surface area contributed by atoms with Crippen molar-refractivity contribution >= 4 is 27.3 Å². The van der Waals surface area contributed by atoms with E-state index in [0.29, 0.717) is 36.8 Å². The van der Waals surface area contributed by atoms with E-state index in [1.165, 1.54) is 17.0 Å². The second kappa shape index (κ2) is 16.1. The van der Waals surface area contributed by atoms with Crippen molar-refractivity contribution in [1.82, 2.24) is 9.80 Å². The Kier molecular flexibility index (Phi) is 11.7. The fourth-order valence-corrected chi connectivity index (χ4v) is 6.83. The first kappa shape index (κ1) is 34.9. The molecule has 0 saturated heterocycles. The Morgan fingerprint density at radius 1 is 0.771 bits per heavy atom. The molecule has 48 heavy (non-hydrogen) atoms. The Morgan fingerprint density at radius 3 is 2.06 bits per heavy atom. The summed E-state index contributed by atoms with van der Waals surface area (Å²) in [6.45, 7) is 1.92. The van der Waals surface area contributed by atoms with Gasteiger partial charge in [0, 0.05) is 38.8 Å². The van der Waals surface area contributed by atoms with Crippen LogP contribution in [0.5, 0.6) is 5.75 Å². The van der Waals surface area contributed by atoms with Crippen molar-refractivity contribution in [3.63, 3.8) is 0 Å². The van der Waals surface area contributed by atoms with E-state index in [1.807, 2.05) is 72.8 Å². The first-order valence-electron chi connectivity index (χ1n) is 15.7. The first-order chi connectivity index (χ1) is 23.1. The molecule has 0 spiro atoms. The number of benzene rings is 5. The zero-order valence-corrected chi connectivity index (χ0v) is 28.6. The Balaban J connectivity index is 1.31. The molecule has 0 saturated carbocycles. The number of rotatable bonds is 14. The largest absolute Gasteiger partial charge is 0.488 e. The number of hydrogen-bond donors (Lipinski definition) is 1. The molecule has 0 bridgehead atoms. The number of nitrogens with zero attached hydrogens (tertiary/aromatic N) is 2. The first-order valence-corrected chi connectivity index (χ1v) is 17.5. The van der Waals surface area contributed by atoms with Gasteiger partial charge in [-0.3, -0.25) is 9.69 Å². The minimum atomic E-state index is -3.92. The van der Waals surface area contributed by atoms with E-state index in [2.05, 4.69) is 17.0 Å². The summed E-state index contributed by atoms with van der Waals surface area (Å²) in [4.78, 5) is 16.8. The number of aliphatic hydroxyl groups excluding tert-OH is 1. The van der Waals surface area contributed by atoms with Crippen LogP contribution < -0.4 is 4.74 Å². The summed E-state index contributed by atoms with van der Waals surface area (Å²) >= 11 is 6.17. The van der Waals surface area contributed by atoms with Crippen LogP contribution in [-0.4, -0.2) is 56.4 Å². The molecule has 248 valence electrons. The highest BCUT2D eigenvalue weighted by Gasteiger charge is 2.23. The summed E-state index contributed by atoms with van der Waals surface area (Å²) in [6.07, 6.45) is -0.0796. The molecule has 0 radical (unpaired) electrons. The van der Waals surface area contributed by atoms with Crippen LogP contribution >= 0.6 is 11.6 Å². The Bertz CT molecular complexity index is 1920. The highest BCUT2D eigenvalue weighted by atomic mass is 35.5. The van der Waals surface area contributed by atoms with Gasteiger partial charge in [-0.2, -0.15) is 0 Å². The molecule has 1 amide bonds. The topological polar surface area (TPSA) is 87.2 Å². The molecule has 1 N–H and O–H groups in total. The third kappa shape index (κ3) is 9.11. The van der Waals surface area contributed by atoms with Gasteiger partial charge in [0.2, 0.25) is 9.84 Å². The zero-order chi connectivity index (χ0) is 34.1. The number of halogens is 1. The number of hydrogen-bond acceptors (Lipinski definition) is 6. The molecule has 0 aromatic heterocycles. The van der Waals surface area contributed by atoms with Crippen LogP contribution in [0.3, 0.4) is 0 Å². The van der Waals surface area contributed by atoms with Crippen LogP contribution in [0.2, 0.25) is 5.02 Å². The van der Waals surface area contributed by atoms with Gasteiger partial charge in [-0.1, -0.05) is 96.5 Å². The molecule has 0 fully saturated rings. The van der Waals surface area contributed by atoms with Crippen LogP contribution in [0.25, 0.3) is 0 Å². The highest BCUT2D eigenvalue weighted by Crippen LogP contribution is 2.29. The van der Waals surface area contributed by atoms with Crippen LogP contribution in [0.4, 0.5) is 0 Å². The summed E-state index contributed by atoms with van der Waals surface area (Å²) in [5.74, 6) is -0.0432. The number of carbonyl (C=O) groups is 1. The number of aliphatic hydroxyl groups is 1. The Hall–Kier alpha value is -4.47. The molecule has 7 nitrogen and oxygen atoms in total. The van der Waals surface area contributed by atoms with Gasteiger partial charge in [0.25, 0.3) is 5.91 Å². The molecule has 0 unspecified atom stereocenters. The molecule has 0 aliphatic rings. The van der Waals surface area contributed by atoms with E-state index in [9.17, 15) is 18.3 Å². The van der Waals surface area contributed by atoms with Gasteiger partial charge >= 0.3 is 0 Å². The van der Waals surface area contributed by atoms with Gasteiger partial charge in [0.05, 0.1) is 21.5 Å². The lowest BCUT2D eigenvalue weighted by molar-refractivity contribution is 0.0822. The van der Waals surface area contributed by atoms with Crippen LogP contribution in [-0.2, 0) is 29.4 Å². The summed E-state index contributed by atoms with van der Waals surface area (Å²) in [5.41, 5.74) is 3.93. The molecule has 0 aliphatic carbocycles. The molecule has 5 aromatic rings. The van der Waals surface area contributed by atoms with Crippen molar-refractivity contribution in [2.75, 3.05) is 27.2 Å². The molecular formula is C39H39ClN2O5S. The fraction of sp³-hybridized carbons (Fsp3) is 0.205. The number of carbonyl (C=O) groups excluding carboxylic acids is 1. The normalized spacial score (nSPS) is 12.1. The van der Waals surface area contributed by atoms with Gasteiger partial charge in [-0.25, -0.2) is 8.42 Å². The Morgan fingerprint density at radius 2 is 1.42 bits per heavy atom. The van der Waals surface area contributed by atoms with Crippen LogP contribution in [0.1, 0.15) is 38.7 Å². The molecule has 5 aromatic carbocycles. The average molecular weight is 683 g/mol. The zero-order valence-electron chi connectivity index (χ0n) is 27.0. The number of sulfone groups is 1. The lowest BCUT2D eigenvalue weighted by Gasteiger charge is -2.25. The summed E-state index contributed by atoms with van der Waals surface area (Å²) in [6, 6.07) is 38.1. The lowest BCUT2D eigenvalue weighted by Crippen LogP contribution is -2.30. The van der Waals surface area contributed by atoms with Gasteiger partial charge in [-0.05, 0) is 71.1 Å². The van der Waals surface area contributed by atoms with Crippen molar-refractivity contribution in [3.05, 3.63) is 160 Å². The van der Waals surface area contributed by atoms with Gasteiger partial charge in [-0.15, -0.1) is 0 Å². The van der Waals surface area contributed by atoms with Crippen molar-refractivity contribution in [3.8, 4) is 5.75 Å². The smallest absolute Gasteiger partial charge is 0.257 e. The predicted molar refractivity (Wildman–Crippen MR) is 189 cm³/mol. The number of amides is 1. The second-order valence-corrected chi connectivity index (χ2v) is 14.2. The van der Waals surface area contributed by atoms with Crippen LogP contribution in [0.15, 0.2) is 137 Å². The van der Waals surface area contributed by atoms with Gasteiger partial charge in [0.1, 0.15) is 12.4 Å². The highest BCUT2D eigenvalue weighted by molar-refractivity contribution is 7.91. The fourth-order valence-electron chi connectivity index (χ4n) is 5.34. The van der Waals surface area contributed by atoms with Crippen molar-refractivity contribution in [2.45, 2.75) is 35.5 Å². The molecule has 9 heteroatoms. The SMILES string of the molecule is CN(C)C(=O)c1cc(S(=O)(=O)c2ccc(CCN(Cc3ccccc3)C[C@@H](O)c3cccc(Cl)c3)cc2)ccc1OCc1ccccc1. The quantitative estimate of drug-likeness (QED) is 0.133. The van der Waals surface area contributed by atoms with E-state index >= 15 is 0 Å². The van der Waals surface area contributed by atoms with Gasteiger partial charge in [0.15, 0.2) is 0 Å². The second-order valence-electron chi connectivity index (χ2n) is 11.8. The van der Waals surface area contributed by atoms with E-state index in [4.69, 9.17) is 16.3 Å².